The van der Waals surface area contributed by atoms with E-state index in [0.717, 1.165) is 12.8 Å². The molecule has 4 bridgehead atoms. The zero-order chi connectivity index (χ0) is 7.59. The molecule has 0 aromatic carbocycles. The first kappa shape index (κ1) is 6.18. The van der Waals surface area contributed by atoms with Crippen molar-refractivity contribution in [3.8, 4) is 0 Å². The molecule has 2 N–H and O–H groups in total. The third-order valence-corrected chi connectivity index (χ3v) is 4.04. The fraction of sp³-hybridized carbons (Fsp3) is 0.889. The van der Waals surface area contributed by atoms with Crippen LogP contribution in [0.1, 0.15) is 19.3 Å². The minimum Gasteiger partial charge on any atom is -0.327 e. The van der Waals surface area contributed by atoms with Gasteiger partial charge in [-0.1, -0.05) is 0 Å². The number of hydrogen-bond acceptors (Lipinski definition) is 2. The van der Waals surface area contributed by atoms with Gasteiger partial charge in [-0.25, -0.2) is 0 Å². The topological polar surface area (TPSA) is 43.1 Å². The third-order valence-electron chi connectivity index (χ3n) is 4.04. The molecule has 11 heavy (non-hydrogen) atoms. The summed E-state index contributed by atoms with van der Waals surface area (Å²) in [6.45, 7) is 0. The minimum absolute atomic E-state index is 0.217. The van der Waals surface area contributed by atoms with E-state index in [0.29, 0.717) is 23.5 Å². The van der Waals surface area contributed by atoms with Crippen LogP contribution in [0.2, 0.25) is 0 Å². The number of hydrogen-bond donors (Lipinski definition) is 1. The predicted molar refractivity (Wildman–Crippen MR) is 40.8 cm³/mol. The van der Waals surface area contributed by atoms with Gasteiger partial charge in [0, 0.05) is 17.9 Å². The highest BCUT2D eigenvalue weighted by Gasteiger charge is 2.60. The number of Topliss-reactive ketones (excluding diaryl/α,β-unsaturated/α-hetero) is 1. The number of rotatable bonds is 0. The van der Waals surface area contributed by atoms with Crippen molar-refractivity contribution in [2.24, 2.45) is 29.4 Å². The molecule has 2 nitrogen and oxygen atoms in total. The summed E-state index contributed by atoms with van der Waals surface area (Å²) in [7, 11) is 0. The van der Waals surface area contributed by atoms with Crippen LogP contribution in [0, 0.1) is 23.7 Å². The second-order valence-electron chi connectivity index (χ2n) is 4.34. The quantitative estimate of drug-likeness (QED) is 0.549. The summed E-state index contributed by atoms with van der Waals surface area (Å²) in [6.07, 6.45) is 3.57. The van der Waals surface area contributed by atoms with E-state index in [4.69, 9.17) is 5.73 Å². The molecule has 0 aromatic heterocycles. The second kappa shape index (κ2) is 1.69. The zero-order valence-corrected chi connectivity index (χ0v) is 6.49. The van der Waals surface area contributed by atoms with Crippen molar-refractivity contribution in [3.63, 3.8) is 0 Å². The summed E-state index contributed by atoms with van der Waals surface area (Å²) < 4.78 is 0. The average Bonchev–Trinajstić information content (AvgIpc) is 2.50. The van der Waals surface area contributed by atoms with E-state index in [2.05, 4.69) is 0 Å². The Balaban J connectivity index is 2.05. The fourth-order valence-electron chi connectivity index (χ4n) is 3.68. The normalized spacial score (nSPS) is 59.4. The summed E-state index contributed by atoms with van der Waals surface area (Å²) in [5, 5.41) is 0. The Bertz CT molecular complexity index is 226. The number of carbonyl (C=O) groups excluding carboxylic acids is 1. The van der Waals surface area contributed by atoms with Crippen LogP contribution in [-0.4, -0.2) is 11.8 Å². The highest BCUT2D eigenvalue weighted by molar-refractivity contribution is 5.89. The van der Waals surface area contributed by atoms with Gasteiger partial charge in [0.1, 0.15) is 5.78 Å². The molecular formula is C9H13NO. The Labute approximate surface area is 66.1 Å². The van der Waals surface area contributed by atoms with E-state index in [1.54, 1.807) is 0 Å². The lowest BCUT2D eigenvalue weighted by Crippen LogP contribution is -2.38. The highest BCUT2D eigenvalue weighted by atomic mass is 16.1. The first-order valence-electron chi connectivity index (χ1n) is 4.58. The van der Waals surface area contributed by atoms with Crippen LogP contribution in [0.3, 0.4) is 0 Å². The highest BCUT2D eigenvalue weighted by Crippen LogP contribution is 2.58. The van der Waals surface area contributed by atoms with Crippen molar-refractivity contribution in [1.82, 2.24) is 0 Å². The molecule has 3 fully saturated rings. The van der Waals surface area contributed by atoms with Crippen LogP contribution in [0.4, 0.5) is 0 Å². The van der Waals surface area contributed by atoms with Crippen LogP contribution < -0.4 is 5.73 Å². The lowest BCUT2D eigenvalue weighted by molar-refractivity contribution is -0.127. The van der Waals surface area contributed by atoms with Crippen molar-refractivity contribution in [2.75, 3.05) is 0 Å². The first-order valence-corrected chi connectivity index (χ1v) is 4.58. The summed E-state index contributed by atoms with van der Waals surface area (Å²) in [4.78, 5) is 11.6. The smallest absolute Gasteiger partial charge is 0.141 e. The number of nitrogens with two attached hydrogens (primary N) is 1. The van der Waals surface area contributed by atoms with Crippen LogP contribution in [0.25, 0.3) is 0 Å². The summed E-state index contributed by atoms with van der Waals surface area (Å²) >= 11 is 0. The minimum atomic E-state index is 0.217. The van der Waals surface area contributed by atoms with Crippen LogP contribution in [-0.2, 0) is 4.79 Å². The molecule has 3 saturated carbocycles. The lowest BCUT2D eigenvalue weighted by Gasteiger charge is -2.24. The number of carbonyl (C=O) groups is 1. The molecule has 0 amide bonds. The van der Waals surface area contributed by atoms with Crippen LogP contribution in [0.5, 0.6) is 0 Å². The van der Waals surface area contributed by atoms with E-state index >= 15 is 0 Å². The summed E-state index contributed by atoms with van der Waals surface area (Å²) in [6, 6.07) is 0.217. The fourth-order valence-corrected chi connectivity index (χ4v) is 3.68. The molecule has 5 atom stereocenters. The Morgan fingerprint density at radius 1 is 1.27 bits per heavy atom. The molecule has 3 aliphatic rings. The summed E-state index contributed by atoms with van der Waals surface area (Å²) in [5.74, 6) is 2.61. The van der Waals surface area contributed by atoms with E-state index in [-0.39, 0.29) is 12.0 Å². The predicted octanol–water partition coefficient (Wildman–Crippen LogP) is 0.559. The van der Waals surface area contributed by atoms with Gasteiger partial charge in [0.05, 0.1) is 0 Å². The van der Waals surface area contributed by atoms with Gasteiger partial charge >= 0.3 is 0 Å². The van der Waals surface area contributed by atoms with E-state index in [1.807, 2.05) is 0 Å². The molecule has 2 heteroatoms. The van der Waals surface area contributed by atoms with Gasteiger partial charge in [-0.05, 0) is 31.1 Å². The monoisotopic (exact) mass is 151 g/mol. The Morgan fingerprint density at radius 2 is 2.09 bits per heavy atom. The van der Waals surface area contributed by atoms with Crippen LogP contribution >= 0.6 is 0 Å². The van der Waals surface area contributed by atoms with Gasteiger partial charge in [0.2, 0.25) is 0 Å². The molecule has 0 aliphatic heterocycles. The third kappa shape index (κ3) is 0.527. The van der Waals surface area contributed by atoms with Crippen molar-refractivity contribution in [3.05, 3.63) is 0 Å². The molecule has 3 aliphatic carbocycles. The first-order chi connectivity index (χ1) is 5.29. The van der Waals surface area contributed by atoms with Crippen molar-refractivity contribution < 1.29 is 4.79 Å². The van der Waals surface area contributed by atoms with E-state index in [9.17, 15) is 4.79 Å². The maximum Gasteiger partial charge on any atom is 0.141 e. The van der Waals surface area contributed by atoms with Crippen molar-refractivity contribution in [2.45, 2.75) is 25.3 Å². The summed E-state index contributed by atoms with van der Waals surface area (Å²) in [5.41, 5.74) is 5.88. The van der Waals surface area contributed by atoms with Crippen molar-refractivity contribution >= 4 is 5.78 Å². The SMILES string of the molecule is N[C@@H]1C[C@@H]2[C@H]3CC[C@@H]2C(=O)[C@H]31. The van der Waals surface area contributed by atoms with E-state index in [1.165, 1.54) is 6.42 Å². The Morgan fingerprint density at radius 3 is 2.64 bits per heavy atom. The molecule has 0 radical (unpaired) electrons. The molecule has 0 unspecified atom stereocenters. The standard InChI is InChI=1S/C9H13NO/c10-7-3-6-4-1-2-5(6)9(11)8(4)7/h4-8H,1-3,10H2/t4-,5+,6-,7-,8-/m1/s1. The zero-order valence-electron chi connectivity index (χ0n) is 6.49. The van der Waals surface area contributed by atoms with Gasteiger partial charge in [-0.15, -0.1) is 0 Å². The van der Waals surface area contributed by atoms with E-state index < -0.39 is 0 Å². The molecule has 0 spiro atoms. The molecule has 60 valence electrons. The van der Waals surface area contributed by atoms with Gasteiger partial charge < -0.3 is 5.73 Å². The van der Waals surface area contributed by atoms with Crippen molar-refractivity contribution in [1.29, 1.82) is 0 Å². The van der Waals surface area contributed by atoms with Gasteiger partial charge in [0.15, 0.2) is 0 Å². The molecule has 0 heterocycles. The molecular weight excluding hydrogens is 138 g/mol. The lowest BCUT2D eigenvalue weighted by atomic mass is 9.82. The molecule has 0 saturated heterocycles. The average molecular weight is 151 g/mol. The van der Waals surface area contributed by atoms with Gasteiger partial charge in [-0.2, -0.15) is 0 Å². The molecule has 0 aromatic rings. The van der Waals surface area contributed by atoms with Gasteiger partial charge in [-0.3, -0.25) is 4.79 Å². The maximum absolute atomic E-state index is 11.6. The largest absolute Gasteiger partial charge is 0.327 e. The Hall–Kier alpha value is -0.370. The second-order valence-corrected chi connectivity index (χ2v) is 4.34. The van der Waals surface area contributed by atoms with Crippen LogP contribution in [0.15, 0.2) is 0 Å². The maximum atomic E-state index is 11.6. The Kier molecular flexibility index (Phi) is 0.947. The number of ketones is 1. The van der Waals surface area contributed by atoms with Gasteiger partial charge in [0.25, 0.3) is 0 Å². The molecule has 3 rings (SSSR count).